The van der Waals surface area contributed by atoms with Gasteiger partial charge in [-0.2, -0.15) is 0 Å². The van der Waals surface area contributed by atoms with E-state index in [9.17, 15) is 0 Å². The summed E-state index contributed by atoms with van der Waals surface area (Å²) in [4.78, 5) is 0. The Kier molecular flexibility index (Phi) is 7.10. The lowest BCUT2D eigenvalue weighted by Crippen LogP contribution is -3.00. The van der Waals surface area contributed by atoms with Gasteiger partial charge in [0.05, 0.1) is 12.5 Å². The van der Waals surface area contributed by atoms with Gasteiger partial charge in [0.2, 0.25) is 0 Å². The van der Waals surface area contributed by atoms with E-state index >= 15 is 0 Å². The minimum Gasteiger partial charge on any atom is -1.00 e. The summed E-state index contributed by atoms with van der Waals surface area (Å²) in [5.74, 6) is 1.19. The average molecular weight is 259 g/mol. The minimum atomic E-state index is 0. The number of hydrogen-bond donors (Lipinski definition) is 0. The van der Waals surface area contributed by atoms with Crippen LogP contribution in [0.3, 0.4) is 0 Å². The van der Waals surface area contributed by atoms with Crippen LogP contribution >= 0.6 is 0 Å². The van der Waals surface area contributed by atoms with Crippen molar-refractivity contribution in [1.29, 1.82) is 0 Å². The quantitative estimate of drug-likeness (QED) is 0.647. The summed E-state index contributed by atoms with van der Waals surface area (Å²) in [7, 11) is 0.524. The van der Waals surface area contributed by atoms with Crippen LogP contribution in [0.2, 0.25) is 0 Å². The molecule has 0 bridgehead atoms. The fourth-order valence-corrected chi connectivity index (χ4v) is 1.42. The van der Waals surface area contributed by atoms with E-state index in [0.717, 1.165) is 0 Å². The molecule has 0 nitrogen and oxygen atoms in total. The molecule has 13 heavy (non-hydrogen) atoms. The molecule has 0 saturated carbocycles. The largest absolute Gasteiger partial charge is 1.00 e. The third-order valence-corrected chi connectivity index (χ3v) is 2.40. The maximum Gasteiger partial charge on any atom is 0.126 e. The van der Waals surface area contributed by atoms with Crippen molar-refractivity contribution in [2.24, 2.45) is 0 Å². The maximum absolute atomic E-state index is 2.26. The van der Waals surface area contributed by atoms with Crippen molar-refractivity contribution in [2.75, 3.05) is 18.3 Å². The van der Waals surface area contributed by atoms with E-state index in [0.29, 0.717) is 10.9 Å². The van der Waals surface area contributed by atoms with Crippen LogP contribution in [0.5, 0.6) is 0 Å². The van der Waals surface area contributed by atoms with Crippen LogP contribution in [-0.4, -0.2) is 18.3 Å². The van der Waals surface area contributed by atoms with Crippen LogP contribution in [0, 0.1) is 0 Å². The summed E-state index contributed by atoms with van der Waals surface area (Å²) in [5.41, 5.74) is 1.29. The normalized spacial score (nSPS) is 10.4. The van der Waals surface area contributed by atoms with Gasteiger partial charge in [0.1, 0.15) is 5.75 Å². The summed E-state index contributed by atoms with van der Waals surface area (Å²) in [6, 6.07) is 10.4. The molecule has 0 atom stereocenters. The third kappa shape index (κ3) is 5.94. The first-order valence-corrected chi connectivity index (χ1v) is 6.26. The highest BCUT2D eigenvalue weighted by Crippen LogP contribution is 2.01. The standard InChI is InChI=1S/C11H15S.BrH/c1-12(2)10-6-9-11-7-4-3-5-8-11;/h3-9H,10H2,1-2H3;1H/q+1;/p-1/b9-6+;. The van der Waals surface area contributed by atoms with Crippen LogP contribution in [0.1, 0.15) is 5.56 Å². The zero-order valence-electron chi connectivity index (χ0n) is 8.03. The monoisotopic (exact) mass is 258 g/mol. The Hall–Kier alpha value is -0.210. The second-order valence-electron chi connectivity index (χ2n) is 2.97. The van der Waals surface area contributed by atoms with Crippen LogP contribution in [-0.2, 0) is 10.9 Å². The second-order valence-corrected chi connectivity index (χ2v) is 5.27. The van der Waals surface area contributed by atoms with Gasteiger partial charge in [-0.25, -0.2) is 0 Å². The molecule has 0 amide bonds. The molecule has 0 N–H and O–H groups in total. The first-order valence-electron chi connectivity index (χ1n) is 4.05. The maximum atomic E-state index is 2.26. The van der Waals surface area contributed by atoms with Crippen molar-refractivity contribution in [3.05, 3.63) is 42.0 Å². The second kappa shape index (κ2) is 7.22. The van der Waals surface area contributed by atoms with Gasteiger partial charge in [-0.05, 0) is 22.5 Å². The summed E-state index contributed by atoms with van der Waals surface area (Å²) >= 11 is 0. The molecule has 0 spiro atoms. The predicted octanol–water partition coefficient (Wildman–Crippen LogP) is -0.418. The van der Waals surface area contributed by atoms with Crippen molar-refractivity contribution >= 4 is 17.0 Å². The fraction of sp³-hybridized carbons (Fsp3) is 0.273. The first-order chi connectivity index (χ1) is 5.79. The van der Waals surface area contributed by atoms with Gasteiger partial charge in [-0.15, -0.1) is 0 Å². The highest BCUT2D eigenvalue weighted by molar-refractivity contribution is 7.95. The Morgan fingerprint density at radius 3 is 2.31 bits per heavy atom. The van der Waals surface area contributed by atoms with E-state index in [4.69, 9.17) is 0 Å². The van der Waals surface area contributed by atoms with E-state index in [1.54, 1.807) is 0 Å². The van der Waals surface area contributed by atoms with E-state index in [2.05, 4.69) is 48.9 Å². The van der Waals surface area contributed by atoms with Crippen molar-refractivity contribution < 1.29 is 17.0 Å². The van der Waals surface area contributed by atoms with Crippen molar-refractivity contribution in [1.82, 2.24) is 0 Å². The van der Waals surface area contributed by atoms with Gasteiger partial charge in [0.15, 0.2) is 0 Å². The average Bonchev–Trinajstić information content (AvgIpc) is 2.05. The van der Waals surface area contributed by atoms with Crippen molar-refractivity contribution in [3.8, 4) is 0 Å². The first kappa shape index (κ1) is 12.8. The molecule has 0 radical (unpaired) electrons. The molecular formula is C11H15BrS. The van der Waals surface area contributed by atoms with Gasteiger partial charge in [0.25, 0.3) is 0 Å². The van der Waals surface area contributed by atoms with Gasteiger partial charge >= 0.3 is 0 Å². The molecule has 2 heteroatoms. The van der Waals surface area contributed by atoms with Crippen molar-refractivity contribution in [3.63, 3.8) is 0 Å². The molecule has 72 valence electrons. The van der Waals surface area contributed by atoms with Gasteiger partial charge in [-0.3, -0.25) is 0 Å². The zero-order valence-corrected chi connectivity index (χ0v) is 10.4. The molecular weight excluding hydrogens is 244 g/mol. The van der Waals surface area contributed by atoms with E-state index < -0.39 is 0 Å². The third-order valence-electron chi connectivity index (χ3n) is 1.54. The van der Waals surface area contributed by atoms with E-state index in [-0.39, 0.29) is 17.0 Å². The minimum absolute atomic E-state index is 0. The molecule has 0 aliphatic carbocycles. The van der Waals surface area contributed by atoms with Crippen LogP contribution in [0.4, 0.5) is 0 Å². The predicted molar refractivity (Wildman–Crippen MR) is 59.6 cm³/mol. The lowest BCUT2D eigenvalue weighted by molar-refractivity contribution is -0.00000253. The SMILES string of the molecule is C[S+](C)C/C=C/c1ccccc1.[Br-]. The highest BCUT2D eigenvalue weighted by atomic mass is 79.9. The van der Waals surface area contributed by atoms with Crippen LogP contribution in [0.15, 0.2) is 36.4 Å². The molecule has 1 rings (SSSR count). The molecule has 0 unspecified atom stereocenters. The van der Waals surface area contributed by atoms with Gasteiger partial charge in [-0.1, -0.05) is 36.4 Å². The summed E-state index contributed by atoms with van der Waals surface area (Å²) < 4.78 is 0. The molecule has 1 aromatic rings. The highest BCUT2D eigenvalue weighted by Gasteiger charge is 1.95. The lowest BCUT2D eigenvalue weighted by Gasteiger charge is -1.91. The molecule has 0 fully saturated rings. The summed E-state index contributed by atoms with van der Waals surface area (Å²) in [6.45, 7) is 0. The number of halogens is 1. The summed E-state index contributed by atoms with van der Waals surface area (Å²) in [5, 5.41) is 0. The van der Waals surface area contributed by atoms with E-state index in [1.165, 1.54) is 11.3 Å². The Morgan fingerprint density at radius 1 is 1.15 bits per heavy atom. The van der Waals surface area contributed by atoms with Gasteiger partial charge in [0, 0.05) is 0 Å². The molecule has 0 aliphatic heterocycles. The molecule has 0 saturated heterocycles. The van der Waals surface area contributed by atoms with Gasteiger partial charge < -0.3 is 17.0 Å². The molecule has 0 heterocycles. The smallest absolute Gasteiger partial charge is 0.126 e. The number of rotatable bonds is 3. The molecule has 1 aromatic carbocycles. The fourth-order valence-electron chi connectivity index (χ4n) is 0.941. The zero-order chi connectivity index (χ0) is 8.81. The van der Waals surface area contributed by atoms with Crippen molar-refractivity contribution in [2.45, 2.75) is 0 Å². The molecule has 0 aromatic heterocycles. The number of hydrogen-bond acceptors (Lipinski definition) is 0. The summed E-state index contributed by atoms with van der Waals surface area (Å²) in [6.07, 6.45) is 8.95. The van der Waals surface area contributed by atoms with E-state index in [1.807, 2.05) is 6.07 Å². The lowest BCUT2D eigenvalue weighted by atomic mass is 10.2. The Balaban J connectivity index is 0.00000144. The Bertz CT molecular complexity index is 242. The molecule has 0 aliphatic rings. The Labute approximate surface area is 94.2 Å². The topological polar surface area (TPSA) is 0 Å². The van der Waals surface area contributed by atoms with Crippen LogP contribution < -0.4 is 17.0 Å². The number of benzene rings is 1. The Morgan fingerprint density at radius 2 is 1.77 bits per heavy atom. The van der Waals surface area contributed by atoms with Crippen LogP contribution in [0.25, 0.3) is 6.08 Å².